The average molecular weight is 310 g/mol. The molecular weight excluding hydrogens is 296 g/mol. The quantitative estimate of drug-likeness (QED) is 0.473. The Morgan fingerprint density at radius 2 is 2.20 bits per heavy atom. The summed E-state index contributed by atoms with van der Waals surface area (Å²) in [5.41, 5.74) is -0.00824. The zero-order valence-electron chi connectivity index (χ0n) is 11.3. The number of ketones is 1. The van der Waals surface area contributed by atoms with Crippen LogP contribution < -0.4 is 4.90 Å². The van der Waals surface area contributed by atoms with Crippen molar-refractivity contribution in [2.45, 2.75) is 19.9 Å². The molecule has 0 radical (unpaired) electrons. The summed E-state index contributed by atoms with van der Waals surface area (Å²) in [7, 11) is 1.81. The lowest BCUT2D eigenvalue weighted by atomic mass is 10.2. The third-order valence-electron chi connectivity index (χ3n) is 3.09. The van der Waals surface area contributed by atoms with Crippen LogP contribution in [-0.4, -0.2) is 17.8 Å². The predicted octanol–water partition coefficient (Wildman–Crippen LogP) is 4.12. The van der Waals surface area contributed by atoms with E-state index >= 15 is 0 Å². The third kappa shape index (κ3) is 2.73. The molecule has 2 rings (SSSR count). The second kappa shape index (κ2) is 5.72. The molecule has 0 fully saturated rings. The fraction of sp³-hybridized carbons (Fsp3) is 0.308. The van der Waals surface area contributed by atoms with Gasteiger partial charge < -0.3 is 4.90 Å². The lowest BCUT2D eigenvalue weighted by molar-refractivity contribution is -0.383. The fourth-order valence-electron chi connectivity index (χ4n) is 1.82. The fourth-order valence-corrected chi connectivity index (χ4v) is 3.71. The number of nitrogens with zero attached hydrogens (tertiary/aromatic N) is 2. The van der Waals surface area contributed by atoms with Crippen molar-refractivity contribution in [1.29, 1.82) is 0 Å². The molecule has 20 heavy (non-hydrogen) atoms. The highest BCUT2D eigenvalue weighted by Gasteiger charge is 2.26. The topological polar surface area (TPSA) is 63.4 Å². The van der Waals surface area contributed by atoms with Crippen LogP contribution in [0.15, 0.2) is 23.6 Å². The molecule has 0 saturated carbocycles. The van der Waals surface area contributed by atoms with Crippen LogP contribution in [0.25, 0.3) is 0 Å². The van der Waals surface area contributed by atoms with Gasteiger partial charge >= 0.3 is 5.69 Å². The number of nitro groups is 1. The minimum atomic E-state index is -0.435. The van der Waals surface area contributed by atoms with Crippen molar-refractivity contribution >= 4 is 39.1 Å². The molecule has 1 atom stereocenters. The molecule has 1 unspecified atom stereocenters. The zero-order valence-corrected chi connectivity index (χ0v) is 13.0. The van der Waals surface area contributed by atoms with Gasteiger partial charge in [0.25, 0.3) is 0 Å². The molecule has 106 valence electrons. The van der Waals surface area contributed by atoms with Crippen LogP contribution >= 0.6 is 22.7 Å². The van der Waals surface area contributed by atoms with Gasteiger partial charge in [-0.25, -0.2) is 0 Å². The van der Waals surface area contributed by atoms with E-state index in [9.17, 15) is 14.9 Å². The van der Waals surface area contributed by atoms with Gasteiger partial charge in [-0.05, 0) is 25.3 Å². The molecule has 0 bridgehead atoms. The Kier molecular flexibility index (Phi) is 4.20. The maximum atomic E-state index is 11.4. The van der Waals surface area contributed by atoms with E-state index in [2.05, 4.69) is 0 Å². The third-order valence-corrected chi connectivity index (χ3v) is 5.45. The molecule has 0 aromatic carbocycles. The van der Waals surface area contributed by atoms with Crippen molar-refractivity contribution in [3.05, 3.63) is 43.4 Å². The molecule has 5 nitrogen and oxygen atoms in total. The molecule has 7 heteroatoms. The number of carbonyl (C=O) groups is 1. The van der Waals surface area contributed by atoms with Gasteiger partial charge in [0.1, 0.15) is 0 Å². The summed E-state index contributed by atoms with van der Waals surface area (Å²) in [4.78, 5) is 25.5. The Morgan fingerprint density at radius 3 is 2.70 bits per heavy atom. The summed E-state index contributed by atoms with van der Waals surface area (Å²) in [6, 6.07) is 5.33. The van der Waals surface area contributed by atoms with Crippen LogP contribution in [0.4, 0.5) is 10.7 Å². The lowest BCUT2D eigenvalue weighted by Gasteiger charge is -2.23. The molecule has 2 aromatic rings. The molecular formula is C13H14N2O3S2. The van der Waals surface area contributed by atoms with Gasteiger partial charge in [0.15, 0.2) is 10.8 Å². The Labute approximate surface area is 124 Å². The smallest absolute Gasteiger partial charge is 0.304 e. The van der Waals surface area contributed by atoms with Crippen LogP contribution in [0.3, 0.4) is 0 Å². The number of hydrogen-bond donors (Lipinski definition) is 0. The molecule has 0 N–H and O–H groups in total. The monoisotopic (exact) mass is 310 g/mol. The van der Waals surface area contributed by atoms with Gasteiger partial charge in [0.2, 0.25) is 0 Å². The molecule has 0 saturated heterocycles. The van der Waals surface area contributed by atoms with Crippen molar-refractivity contribution in [3.63, 3.8) is 0 Å². The summed E-state index contributed by atoms with van der Waals surface area (Å²) in [6.07, 6.45) is 0. The first-order valence-electron chi connectivity index (χ1n) is 5.97. The molecule has 0 spiro atoms. The number of thiophene rings is 2. The van der Waals surface area contributed by atoms with Gasteiger partial charge in [-0.1, -0.05) is 6.07 Å². The summed E-state index contributed by atoms with van der Waals surface area (Å²) in [5, 5.41) is 13.6. The summed E-state index contributed by atoms with van der Waals surface area (Å²) in [6.45, 7) is 3.41. The largest absolute Gasteiger partial charge is 0.353 e. The highest BCUT2D eigenvalue weighted by atomic mass is 32.1. The first-order valence-corrected chi connectivity index (χ1v) is 7.66. The van der Waals surface area contributed by atoms with E-state index in [4.69, 9.17) is 0 Å². The Balaban J connectivity index is 2.40. The van der Waals surface area contributed by atoms with E-state index in [0.29, 0.717) is 9.88 Å². The molecule has 0 amide bonds. The predicted molar refractivity (Wildman–Crippen MR) is 82.1 cm³/mol. The van der Waals surface area contributed by atoms with Crippen LogP contribution in [0.5, 0.6) is 0 Å². The van der Waals surface area contributed by atoms with Gasteiger partial charge in [-0.15, -0.1) is 22.7 Å². The number of hydrogen-bond acceptors (Lipinski definition) is 6. The molecule has 0 aliphatic carbocycles. The van der Waals surface area contributed by atoms with Gasteiger partial charge in [0.05, 0.1) is 15.8 Å². The summed E-state index contributed by atoms with van der Waals surface area (Å²) < 4.78 is 0. The van der Waals surface area contributed by atoms with E-state index in [1.807, 2.05) is 36.4 Å². The maximum absolute atomic E-state index is 11.4. The lowest BCUT2D eigenvalue weighted by Crippen LogP contribution is -2.20. The van der Waals surface area contributed by atoms with E-state index in [1.54, 1.807) is 11.3 Å². The number of rotatable bonds is 5. The second-order valence-electron chi connectivity index (χ2n) is 4.42. The van der Waals surface area contributed by atoms with Crippen LogP contribution in [0.2, 0.25) is 0 Å². The number of anilines is 1. The van der Waals surface area contributed by atoms with E-state index in [-0.39, 0.29) is 17.5 Å². The average Bonchev–Trinajstić information content (AvgIpc) is 3.05. The highest BCUT2D eigenvalue weighted by Crippen LogP contribution is 2.41. The van der Waals surface area contributed by atoms with Crippen molar-refractivity contribution in [2.75, 3.05) is 11.9 Å². The highest BCUT2D eigenvalue weighted by molar-refractivity contribution is 7.18. The molecule has 0 aliphatic heterocycles. The van der Waals surface area contributed by atoms with Gasteiger partial charge in [-0.3, -0.25) is 14.9 Å². The van der Waals surface area contributed by atoms with Gasteiger partial charge in [0, 0.05) is 18.0 Å². The molecule has 2 heterocycles. The zero-order chi connectivity index (χ0) is 14.9. The van der Waals surface area contributed by atoms with Gasteiger partial charge in [-0.2, -0.15) is 0 Å². The minimum absolute atomic E-state index is 0.00824. The summed E-state index contributed by atoms with van der Waals surface area (Å²) >= 11 is 2.78. The molecule has 2 aromatic heterocycles. The van der Waals surface area contributed by atoms with Crippen molar-refractivity contribution in [3.8, 4) is 0 Å². The second-order valence-corrected chi connectivity index (χ2v) is 6.43. The van der Waals surface area contributed by atoms with Crippen LogP contribution in [0, 0.1) is 10.1 Å². The number of Topliss-reactive ketones (excluding diaryl/α,β-unsaturated/α-hetero) is 1. The minimum Gasteiger partial charge on any atom is -0.353 e. The van der Waals surface area contributed by atoms with Crippen molar-refractivity contribution < 1.29 is 9.72 Å². The van der Waals surface area contributed by atoms with E-state index in [1.165, 1.54) is 24.3 Å². The standard InChI is InChI=1S/C13H14N2O3S2/c1-8(11-5-4-6-19-11)14(3)13-10(15(17)18)7-12(20-13)9(2)16/h4-8H,1-3H3. The van der Waals surface area contributed by atoms with Crippen LogP contribution in [-0.2, 0) is 0 Å². The van der Waals surface area contributed by atoms with Crippen molar-refractivity contribution in [1.82, 2.24) is 0 Å². The first kappa shape index (κ1) is 14.7. The number of carbonyl (C=O) groups excluding carboxylic acids is 1. The van der Waals surface area contributed by atoms with E-state index in [0.717, 1.165) is 4.88 Å². The van der Waals surface area contributed by atoms with Crippen molar-refractivity contribution in [2.24, 2.45) is 0 Å². The van der Waals surface area contributed by atoms with Crippen LogP contribution in [0.1, 0.15) is 34.4 Å². The normalized spacial score (nSPS) is 12.2. The summed E-state index contributed by atoms with van der Waals surface area (Å²) in [5.74, 6) is -0.151. The Morgan fingerprint density at radius 1 is 1.50 bits per heavy atom. The Hall–Kier alpha value is -1.73. The molecule has 0 aliphatic rings. The first-order chi connectivity index (χ1) is 9.41. The maximum Gasteiger partial charge on any atom is 0.304 e. The Bertz CT molecular complexity index is 634. The van der Waals surface area contributed by atoms with E-state index < -0.39 is 4.92 Å². The SMILES string of the molecule is CC(=O)c1cc([N+](=O)[O-])c(N(C)C(C)c2cccs2)s1.